The highest BCUT2D eigenvalue weighted by molar-refractivity contribution is 7.80. The summed E-state index contributed by atoms with van der Waals surface area (Å²) in [5, 5.41) is 17.2. The van der Waals surface area contributed by atoms with Gasteiger partial charge < -0.3 is 5.32 Å². The highest BCUT2D eigenvalue weighted by Gasteiger charge is 2.14. The van der Waals surface area contributed by atoms with E-state index in [4.69, 9.17) is 35.4 Å². The maximum Gasteiger partial charge on any atom is 0.270 e. The van der Waals surface area contributed by atoms with Gasteiger partial charge in [-0.1, -0.05) is 40.6 Å². The molecule has 1 heterocycles. The number of halogens is 2. The first-order valence-corrected chi connectivity index (χ1v) is 8.94. The molecule has 0 radical (unpaired) electrons. The van der Waals surface area contributed by atoms with Gasteiger partial charge in [-0.05, 0) is 30.4 Å². The third-order valence-electron chi connectivity index (χ3n) is 3.22. The van der Waals surface area contributed by atoms with Crippen molar-refractivity contribution in [2.75, 3.05) is 5.32 Å². The van der Waals surface area contributed by atoms with Crippen LogP contribution in [0, 0.1) is 10.1 Å². The predicted octanol–water partition coefficient (Wildman–Crippen LogP) is 4.64. The first-order valence-electron chi connectivity index (χ1n) is 6.96. The van der Waals surface area contributed by atoms with Crippen LogP contribution in [0.5, 0.6) is 0 Å². The number of anilines is 1. The maximum absolute atomic E-state index is 12.2. The Labute approximate surface area is 166 Å². The number of amides is 1. The van der Waals surface area contributed by atoms with Crippen molar-refractivity contribution in [3.8, 4) is 0 Å². The molecule has 0 saturated carbocycles. The minimum absolute atomic E-state index is 0.00258. The zero-order chi connectivity index (χ0) is 18.8. The smallest absolute Gasteiger partial charge is 0.270 e. The van der Waals surface area contributed by atoms with Crippen molar-refractivity contribution in [3.63, 3.8) is 0 Å². The molecule has 0 aliphatic rings. The summed E-state index contributed by atoms with van der Waals surface area (Å²) in [6.45, 7) is 0. The zero-order valence-corrected chi connectivity index (χ0v) is 15.8. The number of thiocarbonyl (C=S) groups is 1. The van der Waals surface area contributed by atoms with Gasteiger partial charge in [-0.2, -0.15) is 0 Å². The molecule has 7 nitrogen and oxygen atoms in total. The van der Waals surface area contributed by atoms with Crippen LogP contribution in [0.3, 0.4) is 0 Å². The second-order valence-electron chi connectivity index (χ2n) is 4.94. The summed E-state index contributed by atoms with van der Waals surface area (Å²) in [6.07, 6.45) is 0. The standard InChI is InChI=1S/C15H8Cl2N4O3S2/c16-9-4-5-10-12(11(9)17)18-15(26-10)20-14(25)19-13(22)7-2-1-3-8(6-7)21(23)24/h1-6H,(H2,18,19,20,22,25). The second kappa shape index (κ2) is 7.50. The molecule has 26 heavy (non-hydrogen) atoms. The Morgan fingerprint density at radius 2 is 2.04 bits per heavy atom. The Hall–Kier alpha value is -2.33. The van der Waals surface area contributed by atoms with Gasteiger partial charge in [0.15, 0.2) is 10.2 Å². The van der Waals surface area contributed by atoms with Crippen molar-refractivity contribution in [3.05, 3.63) is 62.1 Å². The van der Waals surface area contributed by atoms with Crippen LogP contribution in [0.4, 0.5) is 10.8 Å². The van der Waals surface area contributed by atoms with Gasteiger partial charge in [0.25, 0.3) is 11.6 Å². The second-order valence-corrected chi connectivity index (χ2v) is 7.17. The first-order chi connectivity index (χ1) is 12.3. The molecule has 0 aliphatic heterocycles. The van der Waals surface area contributed by atoms with Crippen molar-refractivity contribution in [1.82, 2.24) is 10.3 Å². The van der Waals surface area contributed by atoms with Gasteiger partial charge >= 0.3 is 0 Å². The van der Waals surface area contributed by atoms with Gasteiger partial charge in [0, 0.05) is 17.7 Å². The Morgan fingerprint density at radius 3 is 2.77 bits per heavy atom. The Balaban J connectivity index is 1.73. The van der Waals surface area contributed by atoms with Crippen LogP contribution >= 0.6 is 46.8 Å². The van der Waals surface area contributed by atoms with Gasteiger partial charge in [0.2, 0.25) is 0 Å². The lowest BCUT2D eigenvalue weighted by Crippen LogP contribution is -2.34. The molecule has 1 aromatic heterocycles. The summed E-state index contributed by atoms with van der Waals surface area (Å²) in [5.74, 6) is -0.576. The lowest BCUT2D eigenvalue weighted by Gasteiger charge is -2.07. The summed E-state index contributed by atoms with van der Waals surface area (Å²) in [5.41, 5.74) is 0.455. The molecule has 2 N–H and O–H groups in total. The highest BCUT2D eigenvalue weighted by Crippen LogP contribution is 2.35. The van der Waals surface area contributed by atoms with Crippen LogP contribution in [-0.4, -0.2) is 20.9 Å². The van der Waals surface area contributed by atoms with Gasteiger partial charge in [-0.15, -0.1) is 0 Å². The first kappa shape index (κ1) is 18.5. The molecule has 3 rings (SSSR count). The number of carbonyl (C=O) groups is 1. The summed E-state index contributed by atoms with van der Waals surface area (Å²) in [6, 6.07) is 8.77. The molecule has 0 spiro atoms. The molecule has 0 bridgehead atoms. The van der Waals surface area contributed by atoms with E-state index in [1.807, 2.05) is 0 Å². The number of aromatic nitrogens is 1. The normalized spacial score (nSPS) is 10.5. The van der Waals surface area contributed by atoms with E-state index in [9.17, 15) is 14.9 Å². The zero-order valence-electron chi connectivity index (χ0n) is 12.7. The van der Waals surface area contributed by atoms with E-state index in [1.54, 1.807) is 12.1 Å². The molecule has 0 saturated heterocycles. The SMILES string of the molecule is O=C(NC(=S)Nc1nc2c(Cl)c(Cl)ccc2s1)c1cccc([N+](=O)[O-])c1. The number of rotatable bonds is 3. The topological polar surface area (TPSA) is 97.2 Å². The minimum atomic E-state index is -0.580. The van der Waals surface area contributed by atoms with Crippen LogP contribution in [0.25, 0.3) is 10.2 Å². The Bertz CT molecular complexity index is 1050. The van der Waals surface area contributed by atoms with E-state index in [-0.39, 0.29) is 16.4 Å². The molecule has 0 aliphatic carbocycles. The number of non-ortho nitro benzene ring substituents is 1. The molecule has 0 unspecified atom stereocenters. The number of nitrogens with one attached hydrogen (secondary N) is 2. The Morgan fingerprint density at radius 1 is 1.27 bits per heavy atom. The molecule has 132 valence electrons. The maximum atomic E-state index is 12.2. The van der Waals surface area contributed by atoms with E-state index in [2.05, 4.69) is 15.6 Å². The van der Waals surface area contributed by atoms with Crippen LogP contribution < -0.4 is 10.6 Å². The molecule has 11 heteroatoms. The fourth-order valence-corrected chi connectivity index (χ4v) is 3.60. The number of nitro groups is 1. The minimum Gasteiger partial charge on any atom is -0.308 e. The summed E-state index contributed by atoms with van der Waals surface area (Å²) < 4.78 is 0.801. The monoisotopic (exact) mass is 426 g/mol. The highest BCUT2D eigenvalue weighted by atomic mass is 35.5. The van der Waals surface area contributed by atoms with Crippen LogP contribution in [-0.2, 0) is 0 Å². The van der Waals surface area contributed by atoms with Crippen molar-refractivity contribution in [2.24, 2.45) is 0 Å². The van der Waals surface area contributed by atoms with Crippen molar-refractivity contribution in [2.45, 2.75) is 0 Å². The molecule has 0 fully saturated rings. The lowest BCUT2D eigenvalue weighted by atomic mass is 10.2. The average Bonchev–Trinajstić information content (AvgIpc) is 3.01. The fraction of sp³-hybridized carbons (Fsp3) is 0. The van der Waals surface area contributed by atoms with Gasteiger partial charge in [-0.3, -0.25) is 20.2 Å². The number of nitro benzene ring substituents is 1. The number of nitrogens with zero attached hydrogens (tertiary/aromatic N) is 2. The fourth-order valence-electron chi connectivity index (χ4n) is 2.06. The summed E-state index contributed by atoms with van der Waals surface area (Å²) >= 11 is 18.4. The average molecular weight is 427 g/mol. The number of hydrogen-bond acceptors (Lipinski definition) is 6. The van der Waals surface area contributed by atoms with E-state index in [0.717, 1.165) is 10.8 Å². The summed E-state index contributed by atoms with van der Waals surface area (Å²) in [4.78, 5) is 26.7. The van der Waals surface area contributed by atoms with Gasteiger partial charge in [0.05, 0.1) is 19.7 Å². The van der Waals surface area contributed by atoms with Crippen LogP contribution in [0.15, 0.2) is 36.4 Å². The largest absolute Gasteiger partial charge is 0.308 e. The number of benzene rings is 2. The third-order valence-corrected chi connectivity index (χ3v) is 5.15. The van der Waals surface area contributed by atoms with E-state index in [1.165, 1.54) is 29.5 Å². The van der Waals surface area contributed by atoms with Crippen LogP contribution in [0.1, 0.15) is 10.4 Å². The van der Waals surface area contributed by atoms with Gasteiger partial charge in [0.1, 0.15) is 5.52 Å². The number of fused-ring (bicyclic) bond motifs is 1. The number of thiazole rings is 1. The third kappa shape index (κ3) is 3.91. The molecule has 0 atom stereocenters. The van der Waals surface area contributed by atoms with E-state index < -0.39 is 10.8 Å². The quantitative estimate of drug-likeness (QED) is 0.359. The van der Waals surface area contributed by atoms with E-state index in [0.29, 0.717) is 20.7 Å². The lowest BCUT2D eigenvalue weighted by molar-refractivity contribution is -0.384. The van der Waals surface area contributed by atoms with E-state index >= 15 is 0 Å². The number of carbonyl (C=O) groups excluding carboxylic acids is 1. The molecule has 1 amide bonds. The van der Waals surface area contributed by atoms with Crippen molar-refractivity contribution < 1.29 is 9.72 Å². The molecular weight excluding hydrogens is 419 g/mol. The molecule has 2 aromatic carbocycles. The summed E-state index contributed by atoms with van der Waals surface area (Å²) in [7, 11) is 0. The van der Waals surface area contributed by atoms with Crippen LogP contribution in [0.2, 0.25) is 10.0 Å². The number of hydrogen-bond donors (Lipinski definition) is 2. The Kier molecular flexibility index (Phi) is 5.33. The molecular formula is C15H8Cl2N4O3S2. The molecule has 3 aromatic rings. The van der Waals surface area contributed by atoms with Gasteiger partial charge in [-0.25, -0.2) is 4.98 Å². The van der Waals surface area contributed by atoms with Crippen molar-refractivity contribution in [1.29, 1.82) is 0 Å². The van der Waals surface area contributed by atoms with Crippen molar-refractivity contribution >= 4 is 78.8 Å². The predicted molar refractivity (Wildman–Crippen MR) is 106 cm³/mol.